The highest BCUT2D eigenvalue weighted by molar-refractivity contribution is 7.99. The average Bonchev–Trinajstić information content (AvgIpc) is 2.97. The van der Waals surface area contributed by atoms with Crippen LogP contribution in [0.15, 0.2) is 96.7 Å². The fraction of sp³-hybridized carbons (Fsp3) is 0.214. The molecule has 5 rings (SSSR count). The molecule has 8 nitrogen and oxygen atoms in total. The largest absolute Gasteiger partial charge is 0.392 e. The summed E-state index contributed by atoms with van der Waals surface area (Å²) in [4.78, 5) is 25.0. The van der Waals surface area contributed by atoms with Crippen LogP contribution in [0.5, 0.6) is 0 Å². The summed E-state index contributed by atoms with van der Waals surface area (Å²) >= 11 is 1.55. The van der Waals surface area contributed by atoms with Crippen molar-refractivity contribution in [1.29, 1.82) is 0 Å². The Morgan fingerprint density at radius 3 is 2.41 bits per heavy atom. The van der Waals surface area contributed by atoms with E-state index in [0.29, 0.717) is 28.6 Å². The van der Waals surface area contributed by atoms with Crippen molar-refractivity contribution in [2.24, 2.45) is 0 Å². The van der Waals surface area contributed by atoms with Gasteiger partial charge in [-0.15, -0.1) is 0 Å². The first-order valence-corrected chi connectivity index (χ1v) is 12.9. The van der Waals surface area contributed by atoms with E-state index in [4.69, 9.17) is 9.47 Å². The van der Waals surface area contributed by atoms with Crippen LogP contribution in [0.25, 0.3) is 0 Å². The molecular formula is C28H26N4O4S. The van der Waals surface area contributed by atoms with Gasteiger partial charge in [-0.25, -0.2) is 9.97 Å². The molecule has 3 atom stereocenters. The predicted molar refractivity (Wildman–Crippen MR) is 140 cm³/mol. The summed E-state index contributed by atoms with van der Waals surface area (Å²) in [6.07, 6.45) is 6.42. The van der Waals surface area contributed by atoms with E-state index in [1.54, 1.807) is 48.6 Å². The predicted octanol–water partition coefficient (Wildman–Crippen LogP) is 4.95. The van der Waals surface area contributed by atoms with Gasteiger partial charge in [-0.2, -0.15) is 0 Å². The summed E-state index contributed by atoms with van der Waals surface area (Å²) in [5.41, 5.74) is 3.88. The Kier molecular flexibility index (Phi) is 8.17. The van der Waals surface area contributed by atoms with Gasteiger partial charge in [-0.05, 0) is 41.5 Å². The van der Waals surface area contributed by atoms with Gasteiger partial charge in [0.1, 0.15) is 0 Å². The van der Waals surface area contributed by atoms with E-state index in [0.717, 1.165) is 16.7 Å². The molecule has 1 fully saturated rings. The number of thioether (sulfide) groups is 1. The Labute approximate surface area is 219 Å². The molecule has 0 aliphatic carbocycles. The molecule has 3 heterocycles. The number of pyridine rings is 1. The molecule has 188 valence electrons. The number of nitrogens with zero attached hydrogens (tertiary/aromatic N) is 3. The third-order valence-electron chi connectivity index (χ3n) is 5.92. The number of hydrogen-bond donors (Lipinski definition) is 2. The van der Waals surface area contributed by atoms with Crippen LogP contribution < -0.4 is 5.32 Å². The lowest BCUT2D eigenvalue weighted by Gasteiger charge is -2.36. The van der Waals surface area contributed by atoms with Gasteiger partial charge in [-0.3, -0.25) is 9.78 Å². The minimum Gasteiger partial charge on any atom is -0.392 e. The molecule has 0 saturated carbocycles. The number of nitrogens with one attached hydrogen (secondary N) is 1. The highest BCUT2D eigenvalue weighted by atomic mass is 32.2. The Bertz CT molecular complexity index is 1290. The molecule has 37 heavy (non-hydrogen) atoms. The Balaban J connectivity index is 1.31. The van der Waals surface area contributed by atoms with Crippen molar-refractivity contribution in [3.8, 4) is 0 Å². The molecule has 2 aromatic carbocycles. The average molecular weight is 515 g/mol. The third kappa shape index (κ3) is 6.58. The standard InChI is InChI=1S/C28H26N4O4S/c33-17-19-4-6-20(7-5-19)25-15-24(18-37-28-30-13-2-14-31-28)35-27(36-25)21-8-10-23(11-9-21)32-26(34)22-3-1-12-29-16-22/h1-14,16,24-25,27,33H,15,17-18H2,(H,32,34). The molecule has 1 saturated heterocycles. The Hall–Kier alpha value is -3.63. The SMILES string of the molecule is O=C(Nc1ccc(C2OC(CSc3ncccn3)CC(c3ccc(CO)cc3)O2)cc1)c1cccnc1. The fourth-order valence-electron chi connectivity index (χ4n) is 3.97. The van der Waals surface area contributed by atoms with Gasteiger partial charge in [-0.1, -0.05) is 48.2 Å². The van der Waals surface area contributed by atoms with Gasteiger partial charge in [0.25, 0.3) is 5.91 Å². The summed E-state index contributed by atoms with van der Waals surface area (Å²) in [5, 5.41) is 13.0. The molecule has 4 aromatic rings. The smallest absolute Gasteiger partial charge is 0.257 e. The van der Waals surface area contributed by atoms with E-state index in [1.807, 2.05) is 48.5 Å². The Morgan fingerprint density at radius 1 is 0.946 bits per heavy atom. The summed E-state index contributed by atoms with van der Waals surface area (Å²) in [6.45, 7) is -0.00243. The maximum absolute atomic E-state index is 12.4. The monoisotopic (exact) mass is 514 g/mol. The second-order valence-corrected chi connectivity index (χ2v) is 9.50. The molecule has 1 aliphatic rings. The number of aliphatic hydroxyl groups is 1. The second kappa shape index (κ2) is 12.1. The van der Waals surface area contributed by atoms with E-state index in [9.17, 15) is 9.90 Å². The van der Waals surface area contributed by atoms with E-state index in [-0.39, 0.29) is 24.7 Å². The first kappa shape index (κ1) is 25.0. The number of carbonyl (C=O) groups is 1. The molecule has 3 unspecified atom stereocenters. The zero-order valence-corrected chi connectivity index (χ0v) is 20.8. The van der Waals surface area contributed by atoms with E-state index in [2.05, 4.69) is 20.3 Å². The molecule has 9 heteroatoms. The van der Waals surface area contributed by atoms with Crippen LogP contribution >= 0.6 is 11.8 Å². The molecule has 2 aromatic heterocycles. The van der Waals surface area contributed by atoms with Gasteiger partial charge >= 0.3 is 0 Å². The number of benzene rings is 2. The van der Waals surface area contributed by atoms with Crippen LogP contribution in [-0.4, -0.2) is 37.8 Å². The number of carbonyl (C=O) groups excluding carboxylic acids is 1. The lowest BCUT2D eigenvalue weighted by molar-refractivity contribution is -0.245. The van der Waals surface area contributed by atoms with Crippen LogP contribution in [0.3, 0.4) is 0 Å². The van der Waals surface area contributed by atoms with Crippen molar-refractivity contribution >= 4 is 23.4 Å². The number of aromatic nitrogens is 3. The maximum Gasteiger partial charge on any atom is 0.257 e. The summed E-state index contributed by atoms with van der Waals surface area (Å²) in [6, 6.07) is 20.5. The lowest BCUT2D eigenvalue weighted by atomic mass is 10.0. The number of hydrogen-bond acceptors (Lipinski definition) is 8. The van der Waals surface area contributed by atoms with Crippen molar-refractivity contribution in [2.75, 3.05) is 11.1 Å². The van der Waals surface area contributed by atoms with Gasteiger partial charge < -0.3 is 19.9 Å². The van der Waals surface area contributed by atoms with E-state index in [1.165, 1.54) is 6.20 Å². The number of amides is 1. The van der Waals surface area contributed by atoms with E-state index < -0.39 is 6.29 Å². The molecule has 1 aliphatic heterocycles. The second-order valence-electron chi connectivity index (χ2n) is 8.51. The topological polar surface area (TPSA) is 106 Å². The van der Waals surface area contributed by atoms with Crippen LogP contribution in [0, 0.1) is 0 Å². The third-order valence-corrected chi connectivity index (χ3v) is 6.93. The molecule has 1 amide bonds. The number of anilines is 1. The number of aliphatic hydroxyl groups excluding tert-OH is 1. The van der Waals surface area contributed by atoms with Gasteiger partial charge in [0, 0.05) is 48.2 Å². The quantitative estimate of drug-likeness (QED) is 0.251. The molecule has 0 bridgehead atoms. The molecular weight excluding hydrogens is 488 g/mol. The van der Waals surface area contributed by atoms with Crippen molar-refractivity contribution in [3.63, 3.8) is 0 Å². The number of ether oxygens (including phenoxy) is 2. The van der Waals surface area contributed by atoms with Crippen molar-refractivity contribution < 1.29 is 19.4 Å². The highest BCUT2D eigenvalue weighted by Gasteiger charge is 2.32. The molecule has 0 spiro atoms. The zero-order valence-electron chi connectivity index (χ0n) is 19.9. The van der Waals surface area contributed by atoms with Crippen molar-refractivity contribution in [2.45, 2.75) is 36.7 Å². The first-order chi connectivity index (χ1) is 18.2. The van der Waals surface area contributed by atoms with Crippen molar-refractivity contribution in [3.05, 3.63) is 114 Å². The maximum atomic E-state index is 12.4. The minimum absolute atomic E-state index is 0.00243. The van der Waals surface area contributed by atoms with Crippen molar-refractivity contribution in [1.82, 2.24) is 15.0 Å². The minimum atomic E-state index is -0.582. The highest BCUT2D eigenvalue weighted by Crippen LogP contribution is 2.39. The summed E-state index contributed by atoms with van der Waals surface area (Å²) < 4.78 is 12.7. The fourth-order valence-corrected chi connectivity index (χ4v) is 4.79. The normalized spacial score (nSPS) is 19.3. The summed E-state index contributed by atoms with van der Waals surface area (Å²) in [5.74, 6) is 0.451. The van der Waals surface area contributed by atoms with Gasteiger partial charge in [0.15, 0.2) is 11.4 Å². The number of rotatable bonds is 8. The van der Waals surface area contributed by atoms with Crippen LogP contribution in [-0.2, 0) is 16.1 Å². The van der Waals surface area contributed by atoms with Crippen LogP contribution in [0.1, 0.15) is 45.9 Å². The zero-order chi connectivity index (χ0) is 25.5. The lowest BCUT2D eigenvalue weighted by Crippen LogP contribution is -2.31. The molecule has 0 radical (unpaired) electrons. The molecule has 2 N–H and O–H groups in total. The van der Waals surface area contributed by atoms with Gasteiger partial charge in [0.05, 0.1) is 24.4 Å². The first-order valence-electron chi connectivity index (χ1n) is 11.9. The Morgan fingerprint density at radius 2 is 1.70 bits per heavy atom. The van der Waals surface area contributed by atoms with Gasteiger partial charge in [0.2, 0.25) is 0 Å². The van der Waals surface area contributed by atoms with E-state index >= 15 is 0 Å². The summed E-state index contributed by atoms with van der Waals surface area (Å²) in [7, 11) is 0. The van der Waals surface area contributed by atoms with Crippen LogP contribution in [0.2, 0.25) is 0 Å². The van der Waals surface area contributed by atoms with Crippen LogP contribution in [0.4, 0.5) is 5.69 Å².